The van der Waals surface area contributed by atoms with E-state index in [1.807, 2.05) is 0 Å². The molecule has 0 bridgehead atoms. The fraction of sp³-hybridized carbons (Fsp3) is 0.538. The van der Waals surface area contributed by atoms with E-state index in [-0.39, 0.29) is 31.3 Å². The molecule has 0 fully saturated rings. The highest BCUT2D eigenvalue weighted by atomic mass is 16.6. The predicted octanol–water partition coefficient (Wildman–Crippen LogP) is 1.94. The van der Waals surface area contributed by atoms with Crippen LogP contribution in [0, 0.1) is 20.2 Å². The maximum absolute atomic E-state index is 11.0. The lowest BCUT2D eigenvalue weighted by molar-refractivity contribution is -0.422. The Bertz CT molecular complexity index is 549. The molecule has 1 aromatic carbocycles. The predicted molar refractivity (Wildman–Crippen MR) is 79.1 cm³/mol. The fourth-order valence-electron chi connectivity index (χ4n) is 1.67. The van der Waals surface area contributed by atoms with Crippen molar-refractivity contribution in [2.45, 2.75) is 6.92 Å². The summed E-state index contributed by atoms with van der Waals surface area (Å²) in [7, 11) is 1.55. The third-order valence-corrected chi connectivity index (χ3v) is 2.65. The van der Waals surface area contributed by atoms with Crippen LogP contribution in [0.2, 0.25) is 0 Å². The SMILES string of the molecule is CCOc1cc([N+](=O)[O-])c([N+](=O)[O-])cc1OCCOCCOC. The first kappa shape index (κ1) is 18.6. The number of nitro groups is 2. The highest BCUT2D eigenvalue weighted by Crippen LogP contribution is 2.39. The summed E-state index contributed by atoms with van der Waals surface area (Å²) in [5.41, 5.74) is -1.31. The van der Waals surface area contributed by atoms with E-state index >= 15 is 0 Å². The number of nitrogens with zero attached hydrogens (tertiary/aromatic N) is 2. The monoisotopic (exact) mass is 330 g/mol. The van der Waals surface area contributed by atoms with Gasteiger partial charge >= 0.3 is 11.4 Å². The molecule has 0 atom stereocenters. The Labute approximate surface area is 132 Å². The Kier molecular flexibility index (Phi) is 7.71. The van der Waals surface area contributed by atoms with E-state index in [0.717, 1.165) is 12.1 Å². The third kappa shape index (κ3) is 5.68. The second kappa shape index (κ2) is 9.54. The molecule has 10 heteroatoms. The van der Waals surface area contributed by atoms with Crippen LogP contribution in [0.1, 0.15) is 6.92 Å². The zero-order chi connectivity index (χ0) is 17.2. The number of ether oxygens (including phenoxy) is 4. The van der Waals surface area contributed by atoms with Gasteiger partial charge < -0.3 is 18.9 Å². The van der Waals surface area contributed by atoms with Crippen LogP contribution in [0.25, 0.3) is 0 Å². The maximum atomic E-state index is 11.0. The van der Waals surface area contributed by atoms with Crippen LogP contribution in [0.4, 0.5) is 11.4 Å². The lowest BCUT2D eigenvalue weighted by atomic mass is 10.2. The lowest BCUT2D eigenvalue weighted by Crippen LogP contribution is -2.11. The summed E-state index contributed by atoms with van der Waals surface area (Å²) in [5, 5.41) is 21.9. The Hall–Kier alpha value is -2.46. The van der Waals surface area contributed by atoms with E-state index in [1.165, 1.54) is 0 Å². The van der Waals surface area contributed by atoms with E-state index in [4.69, 9.17) is 18.9 Å². The molecule has 0 heterocycles. The van der Waals surface area contributed by atoms with Crippen LogP contribution in [-0.4, -0.2) is 50.0 Å². The molecule has 23 heavy (non-hydrogen) atoms. The van der Waals surface area contributed by atoms with Gasteiger partial charge in [0.15, 0.2) is 11.5 Å². The van der Waals surface area contributed by atoms with Gasteiger partial charge in [-0.3, -0.25) is 20.2 Å². The van der Waals surface area contributed by atoms with Crippen LogP contribution in [0.5, 0.6) is 11.5 Å². The van der Waals surface area contributed by atoms with E-state index in [9.17, 15) is 20.2 Å². The number of hydrogen-bond acceptors (Lipinski definition) is 8. The van der Waals surface area contributed by atoms with E-state index in [2.05, 4.69) is 0 Å². The van der Waals surface area contributed by atoms with E-state index in [0.29, 0.717) is 13.2 Å². The molecule has 10 nitrogen and oxygen atoms in total. The van der Waals surface area contributed by atoms with Crippen molar-refractivity contribution in [1.82, 2.24) is 0 Å². The first-order valence-electron chi connectivity index (χ1n) is 6.80. The summed E-state index contributed by atoms with van der Waals surface area (Å²) in [5.74, 6) is 0.126. The molecule has 0 aromatic heterocycles. The molecule has 0 aliphatic carbocycles. The van der Waals surface area contributed by atoms with Crippen LogP contribution in [-0.2, 0) is 9.47 Å². The lowest BCUT2D eigenvalue weighted by Gasteiger charge is -2.12. The minimum absolute atomic E-state index is 0.0551. The zero-order valence-corrected chi connectivity index (χ0v) is 12.9. The number of nitro benzene ring substituents is 2. The average molecular weight is 330 g/mol. The molecule has 128 valence electrons. The number of benzene rings is 1. The summed E-state index contributed by atoms with van der Waals surface area (Å²) in [6.07, 6.45) is 0. The molecule has 0 N–H and O–H groups in total. The van der Waals surface area contributed by atoms with Crippen LogP contribution in [0.15, 0.2) is 12.1 Å². The van der Waals surface area contributed by atoms with Gasteiger partial charge in [-0.2, -0.15) is 0 Å². The van der Waals surface area contributed by atoms with E-state index < -0.39 is 21.2 Å². The molecule has 0 aliphatic heterocycles. The van der Waals surface area contributed by atoms with Crippen molar-refractivity contribution in [1.29, 1.82) is 0 Å². The second-order valence-corrected chi connectivity index (χ2v) is 4.19. The van der Waals surface area contributed by atoms with Gasteiger partial charge in [-0.15, -0.1) is 0 Å². The first-order chi connectivity index (χ1) is 11.0. The minimum Gasteiger partial charge on any atom is -0.490 e. The van der Waals surface area contributed by atoms with Gasteiger partial charge in [0.25, 0.3) is 0 Å². The van der Waals surface area contributed by atoms with Gasteiger partial charge in [0.2, 0.25) is 0 Å². The normalized spacial score (nSPS) is 10.3. The molecule has 0 saturated heterocycles. The third-order valence-electron chi connectivity index (χ3n) is 2.65. The smallest absolute Gasteiger partial charge is 0.350 e. The summed E-state index contributed by atoms with van der Waals surface area (Å²) < 4.78 is 20.6. The molecular formula is C13H18N2O8. The minimum atomic E-state index is -0.837. The second-order valence-electron chi connectivity index (χ2n) is 4.19. The Morgan fingerprint density at radius 1 is 0.913 bits per heavy atom. The first-order valence-corrected chi connectivity index (χ1v) is 6.80. The van der Waals surface area contributed by atoms with Gasteiger partial charge in [-0.1, -0.05) is 0 Å². The summed E-state index contributed by atoms with van der Waals surface area (Å²) >= 11 is 0. The molecule has 1 aromatic rings. The largest absolute Gasteiger partial charge is 0.490 e. The van der Waals surface area contributed by atoms with Gasteiger partial charge in [0.05, 0.1) is 48.4 Å². The zero-order valence-electron chi connectivity index (χ0n) is 12.9. The standard InChI is InChI=1S/C13H18N2O8/c1-3-22-12-8-10(14(16)17)11(15(18)19)9-13(12)23-7-6-21-5-4-20-2/h8-9H,3-7H2,1-2H3. The molecule has 0 radical (unpaired) electrons. The molecule has 0 spiro atoms. The number of hydrogen-bond donors (Lipinski definition) is 0. The highest BCUT2D eigenvalue weighted by Gasteiger charge is 2.28. The summed E-state index contributed by atoms with van der Waals surface area (Å²) in [6, 6.07) is 1.97. The van der Waals surface area contributed by atoms with Crippen LogP contribution >= 0.6 is 0 Å². The van der Waals surface area contributed by atoms with E-state index in [1.54, 1.807) is 14.0 Å². The molecule has 0 unspecified atom stereocenters. The Morgan fingerprint density at radius 3 is 1.91 bits per heavy atom. The molecule has 0 saturated carbocycles. The van der Waals surface area contributed by atoms with Gasteiger partial charge in [0, 0.05) is 7.11 Å². The van der Waals surface area contributed by atoms with Gasteiger partial charge in [-0.25, -0.2) is 0 Å². The van der Waals surface area contributed by atoms with Gasteiger partial charge in [0.1, 0.15) is 6.61 Å². The topological polar surface area (TPSA) is 123 Å². The van der Waals surface area contributed by atoms with Gasteiger partial charge in [-0.05, 0) is 6.92 Å². The molecule has 0 aliphatic rings. The molecular weight excluding hydrogens is 312 g/mol. The molecule has 1 rings (SSSR count). The number of methoxy groups -OCH3 is 1. The van der Waals surface area contributed by atoms with Crippen molar-refractivity contribution >= 4 is 11.4 Å². The molecule has 0 amide bonds. The highest BCUT2D eigenvalue weighted by molar-refractivity contribution is 5.62. The summed E-state index contributed by atoms with van der Waals surface area (Å²) in [6.45, 7) is 3.09. The van der Waals surface area contributed by atoms with Crippen molar-refractivity contribution in [2.75, 3.05) is 40.1 Å². The quantitative estimate of drug-likeness (QED) is 0.342. The fourth-order valence-corrected chi connectivity index (χ4v) is 1.67. The van der Waals surface area contributed by atoms with Crippen LogP contribution < -0.4 is 9.47 Å². The summed E-state index contributed by atoms with van der Waals surface area (Å²) in [4.78, 5) is 20.2. The number of rotatable bonds is 11. The van der Waals surface area contributed by atoms with Crippen molar-refractivity contribution in [3.05, 3.63) is 32.4 Å². The van der Waals surface area contributed by atoms with Crippen molar-refractivity contribution < 1.29 is 28.8 Å². The Morgan fingerprint density at radius 2 is 1.43 bits per heavy atom. The average Bonchev–Trinajstić information content (AvgIpc) is 2.51. The van der Waals surface area contributed by atoms with Crippen molar-refractivity contribution in [3.63, 3.8) is 0 Å². The Balaban J connectivity index is 2.88. The van der Waals surface area contributed by atoms with Crippen molar-refractivity contribution in [3.8, 4) is 11.5 Å². The van der Waals surface area contributed by atoms with Crippen LogP contribution in [0.3, 0.4) is 0 Å². The van der Waals surface area contributed by atoms with Crippen molar-refractivity contribution in [2.24, 2.45) is 0 Å². The maximum Gasteiger partial charge on any atom is 0.350 e.